The van der Waals surface area contributed by atoms with Crippen LogP contribution in [-0.2, 0) is 4.79 Å². The lowest BCUT2D eigenvalue weighted by atomic mass is 10.1. The van der Waals surface area contributed by atoms with Crippen molar-refractivity contribution in [1.82, 2.24) is 15.1 Å². The van der Waals surface area contributed by atoms with Gasteiger partial charge >= 0.3 is 0 Å². The highest BCUT2D eigenvalue weighted by molar-refractivity contribution is 5.95. The molecule has 0 radical (unpaired) electrons. The first-order valence-electron chi connectivity index (χ1n) is 9.10. The first-order chi connectivity index (χ1) is 13.9. The van der Waals surface area contributed by atoms with Gasteiger partial charge in [-0.15, -0.1) is 0 Å². The minimum atomic E-state index is -0.339. The summed E-state index contributed by atoms with van der Waals surface area (Å²) in [4.78, 5) is 24.1. The Morgan fingerprint density at radius 1 is 1.28 bits per heavy atom. The zero-order chi connectivity index (χ0) is 20.5. The lowest BCUT2D eigenvalue weighted by Crippen LogP contribution is -2.28. The van der Waals surface area contributed by atoms with Gasteiger partial charge < -0.3 is 15.4 Å². The third kappa shape index (κ3) is 3.82. The van der Waals surface area contributed by atoms with Crippen molar-refractivity contribution in [3.63, 3.8) is 0 Å². The molecule has 2 amide bonds. The number of carbonyl (C=O) groups is 2. The fourth-order valence-electron chi connectivity index (χ4n) is 3.18. The van der Waals surface area contributed by atoms with E-state index < -0.39 is 0 Å². The number of aromatic nitrogens is 2. The van der Waals surface area contributed by atoms with Crippen LogP contribution in [0.2, 0.25) is 0 Å². The van der Waals surface area contributed by atoms with E-state index in [1.54, 1.807) is 42.1 Å². The third-order valence-corrected chi connectivity index (χ3v) is 4.71. The van der Waals surface area contributed by atoms with Crippen LogP contribution in [0, 0.1) is 12.7 Å². The molecule has 1 aliphatic rings. The van der Waals surface area contributed by atoms with Crippen LogP contribution in [0.25, 0.3) is 5.69 Å². The number of fused-ring (bicyclic) bond motifs is 1. The van der Waals surface area contributed by atoms with E-state index in [2.05, 4.69) is 15.7 Å². The summed E-state index contributed by atoms with van der Waals surface area (Å²) < 4.78 is 20.2. The number of amides is 2. The van der Waals surface area contributed by atoms with Crippen molar-refractivity contribution in [1.29, 1.82) is 0 Å². The fourth-order valence-corrected chi connectivity index (χ4v) is 3.18. The van der Waals surface area contributed by atoms with Gasteiger partial charge in [0.15, 0.2) is 12.3 Å². The van der Waals surface area contributed by atoms with E-state index in [1.165, 1.54) is 12.1 Å². The Bertz CT molecular complexity index is 1110. The summed E-state index contributed by atoms with van der Waals surface area (Å²) in [6.45, 7) is 3.61. The number of ether oxygens (including phenoxy) is 1. The van der Waals surface area contributed by atoms with Crippen LogP contribution < -0.4 is 15.4 Å². The van der Waals surface area contributed by atoms with Gasteiger partial charge in [-0.2, -0.15) is 5.10 Å². The number of hydrogen-bond acceptors (Lipinski definition) is 4. The molecule has 0 aliphatic carbocycles. The van der Waals surface area contributed by atoms with Crippen molar-refractivity contribution in [2.45, 2.75) is 19.9 Å². The number of nitrogens with zero attached hydrogens (tertiary/aromatic N) is 2. The number of benzene rings is 2. The van der Waals surface area contributed by atoms with Crippen molar-refractivity contribution >= 4 is 17.5 Å². The normalized spacial score (nSPS) is 13.8. The van der Waals surface area contributed by atoms with E-state index in [1.807, 2.05) is 13.0 Å². The molecule has 2 heterocycles. The van der Waals surface area contributed by atoms with E-state index in [0.29, 0.717) is 22.7 Å². The summed E-state index contributed by atoms with van der Waals surface area (Å²) in [5.41, 5.74) is 3.05. The molecular formula is C21H19FN4O3. The number of carbonyl (C=O) groups excluding carboxylic acids is 2. The second kappa shape index (κ2) is 7.38. The Balaban J connectivity index is 1.49. The minimum Gasteiger partial charge on any atom is -0.482 e. The van der Waals surface area contributed by atoms with Gasteiger partial charge in [0.25, 0.3) is 11.8 Å². The molecule has 7 nitrogen and oxygen atoms in total. The zero-order valence-electron chi connectivity index (χ0n) is 15.9. The van der Waals surface area contributed by atoms with Crippen LogP contribution in [0.1, 0.15) is 34.6 Å². The molecule has 0 saturated carbocycles. The molecular weight excluding hydrogens is 375 g/mol. The van der Waals surface area contributed by atoms with Gasteiger partial charge in [-0.25, -0.2) is 9.07 Å². The molecule has 1 aromatic heterocycles. The van der Waals surface area contributed by atoms with Gasteiger partial charge in [-0.1, -0.05) is 6.07 Å². The summed E-state index contributed by atoms with van der Waals surface area (Å²) in [5.74, 6) is -0.279. The third-order valence-electron chi connectivity index (χ3n) is 4.71. The average molecular weight is 394 g/mol. The minimum absolute atomic E-state index is 0.00513. The quantitative estimate of drug-likeness (QED) is 0.712. The van der Waals surface area contributed by atoms with Gasteiger partial charge in [0, 0.05) is 6.20 Å². The van der Waals surface area contributed by atoms with Crippen LogP contribution in [0.3, 0.4) is 0 Å². The van der Waals surface area contributed by atoms with Crippen LogP contribution in [0.5, 0.6) is 5.75 Å². The number of anilines is 1. The molecule has 0 spiro atoms. The number of nitrogens with one attached hydrogen (secondary N) is 2. The zero-order valence-corrected chi connectivity index (χ0v) is 15.9. The van der Waals surface area contributed by atoms with Crippen molar-refractivity contribution in [3.05, 3.63) is 71.3 Å². The maximum atomic E-state index is 13.3. The Morgan fingerprint density at radius 3 is 2.90 bits per heavy atom. The van der Waals surface area contributed by atoms with Crippen LogP contribution in [-0.4, -0.2) is 28.2 Å². The van der Waals surface area contributed by atoms with E-state index in [4.69, 9.17) is 4.74 Å². The first kappa shape index (κ1) is 18.7. The molecule has 148 valence electrons. The van der Waals surface area contributed by atoms with E-state index in [9.17, 15) is 14.0 Å². The Labute approximate surface area is 166 Å². The van der Waals surface area contributed by atoms with E-state index >= 15 is 0 Å². The van der Waals surface area contributed by atoms with Crippen molar-refractivity contribution in [2.24, 2.45) is 0 Å². The van der Waals surface area contributed by atoms with Gasteiger partial charge in [-0.05, 0) is 61.4 Å². The smallest absolute Gasteiger partial charge is 0.272 e. The number of rotatable bonds is 4. The SMILES string of the molecule is Cc1cc(F)ccc1-n1ccc(C(=O)N[C@H](C)c2ccc3c(c2)NC(=O)CO3)n1. The van der Waals surface area contributed by atoms with Crippen molar-refractivity contribution < 1.29 is 18.7 Å². The van der Waals surface area contributed by atoms with Gasteiger partial charge in [0.2, 0.25) is 0 Å². The van der Waals surface area contributed by atoms with Crippen LogP contribution in [0.4, 0.5) is 10.1 Å². The van der Waals surface area contributed by atoms with E-state index in [0.717, 1.165) is 5.56 Å². The Morgan fingerprint density at radius 2 is 2.10 bits per heavy atom. The van der Waals surface area contributed by atoms with Gasteiger partial charge in [0.05, 0.1) is 17.4 Å². The lowest BCUT2D eigenvalue weighted by Gasteiger charge is -2.20. The second-order valence-electron chi connectivity index (χ2n) is 6.86. The molecule has 4 rings (SSSR count). The highest BCUT2D eigenvalue weighted by Gasteiger charge is 2.19. The molecule has 0 fully saturated rings. The lowest BCUT2D eigenvalue weighted by molar-refractivity contribution is -0.118. The summed E-state index contributed by atoms with van der Waals surface area (Å²) in [6.07, 6.45) is 1.66. The Kier molecular flexibility index (Phi) is 4.75. The summed E-state index contributed by atoms with van der Waals surface area (Å²) in [6, 6.07) is 11.0. The maximum Gasteiger partial charge on any atom is 0.272 e. The molecule has 29 heavy (non-hydrogen) atoms. The number of aryl methyl sites for hydroxylation is 1. The molecule has 8 heteroatoms. The number of halogens is 1. The molecule has 0 bridgehead atoms. The highest BCUT2D eigenvalue weighted by atomic mass is 19.1. The van der Waals surface area contributed by atoms with E-state index in [-0.39, 0.29) is 36.0 Å². The monoisotopic (exact) mass is 394 g/mol. The summed E-state index contributed by atoms with van der Waals surface area (Å²) >= 11 is 0. The molecule has 0 unspecified atom stereocenters. The first-order valence-corrected chi connectivity index (χ1v) is 9.10. The summed E-state index contributed by atoms with van der Waals surface area (Å²) in [7, 11) is 0. The number of hydrogen-bond donors (Lipinski definition) is 2. The fraction of sp³-hybridized carbons (Fsp3) is 0.190. The van der Waals surface area contributed by atoms with Crippen LogP contribution in [0.15, 0.2) is 48.7 Å². The predicted octanol–water partition coefficient (Wildman–Crippen LogP) is 3.14. The molecule has 1 aliphatic heterocycles. The molecule has 2 N–H and O–H groups in total. The highest BCUT2D eigenvalue weighted by Crippen LogP contribution is 2.30. The van der Waals surface area contributed by atoms with Crippen molar-refractivity contribution in [3.8, 4) is 11.4 Å². The van der Waals surface area contributed by atoms with Crippen LogP contribution >= 0.6 is 0 Å². The van der Waals surface area contributed by atoms with Gasteiger partial charge in [-0.3, -0.25) is 9.59 Å². The molecule has 2 aromatic carbocycles. The largest absolute Gasteiger partial charge is 0.482 e. The standard InChI is InChI=1S/C21H19FN4O3/c1-12-9-15(22)4-5-18(12)26-8-7-16(25-26)21(28)23-13(2)14-3-6-19-17(10-14)24-20(27)11-29-19/h3-10,13H,11H2,1-2H3,(H,23,28)(H,24,27)/t13-/m1/s1. The topological polar surface area (TPSA) is 85.2 Å². The maximum absolute atomic E-state index is 13.3. The second-order valence-corrected chi connectivity index (χ2v) is 6.86. The molecule has 0 saturated heterocycles. The molecule has 3 aromatic rings. The summed E-state index contributed by atoms with van der Waals surface area (Å²) in [5, 5.41) is 9.95. The average Bonchev–Trinajstić information content (AvgIpc) is 3.17. The Hall–Kier alpha value is -3.68. The van der Waals surface area contributed by atoms with Gasteiger partial charge in [0.1, 0.15) is 11.6 Å². The van der Waals surface area contributed by atoms with Crippen molar-refractivity contribution in [2.75, 3.05) is 11.9 Å². The predicted molar refractivity (Wildman–Crippen MR) is 105 cm³/mol. The molecule has 1 atom stereocenters.